The minimum absolute atomic E-state index is 0.931. The predicted molar refractivity (Wildman–Crippen MR) is 43.6 cm³/mol. The third-order valence-electron chi connectivity index (χ3n) is 2.73. The molecule has 0 spiro atoms. The first-order valence-electron chi connectivity index (χ1n) is 4.39. The molecule has 1 saturated carbocycles. The van der Waals surface area contributed by atoms with E-state index in [-0.39, 0.29) is 0 Å². The van der Waals surface area contributed by atoms with Crippen LogP contribution >= 0.6 is 0 Å². The Balaban J connectivity index is 1.97. The van der Waals surface area contributed by atoms with Crippen LogP contribution in [0.1, 0.15) is 39.0 Å². The van der Waals surface area contributed by atoms with Crippen molar-refractivity contribution >= 4 is 0 Å². The van der Waals surface area contributed by atoms with E-state index in [9.17, 15) is 0 Å². The van der Waals surface area contributed by atoms with E-state index in [0.29, 0.717) is 0 Å². The fraction of sp³-hybridized carbons (Fsp3) is 0.700. The summed E-state index contributed by atoms with van der Waals surface area (Å²) in [7, 11) is 0. The molecule has 2 aliphatic rings. The Hall–Kier alpha value is -0.260. The monoisotopic (exact) mass is 135 g/mol. The van der Waals surface area contributed by atoms with Gasteiger partial charge in [-0.2, -0.15) is 0 Å². The molecule has 0 amide bonds. The van der Waals surface area contributed by atoms with Crippen LogP contribution in [0.4, 0.5) is 0 Å². The summed E-state index contributed by atoms with van der Waals surface area (Å²) in [5, 5.41) is 0. The number of rotatable bonds is 1. The lowest BCUT2D eigenvalue weighted by atomic mass is 9.95. The van der Waals surface area contributed by atoms with Crippen molar-refractivity contribution in [3.05, 3.63) is 17.6 Å². The van der Waals surface area contributed by atoms with Crippen LogP contribution in [0.25, 0.3) is 0 Å². The van der Waals surface area contributed by atoms with Gasteiger partial charge < -0.3 is 0 Å². The fourth-order valence-corrected chi connectivity index (χ4v) is 1.89. The highest BCUT2D eigenvalue weighted by Crippen LogP contribution is 2.48. The van der Waals surface area contributed by atoms with Gasteiger partial charge in [0, 0.05) is 0 Å². The highest BCUT2D eigenvalue weighted by Gasteiger charge is 2.35. The Morgan fingerprint density at radius 2 is 2.20 bits per heavy atom. The lowest BCUT2D eigenvalue weighted by Gasteiger charge is -2.11. The van der Waals surface area contributed by atoms with E-state index in [1.165, 1.54) is 32.1 Å². The van der Waals surface area contributed by atoms with E-state index in [1.807, 2.05) is 0 Å². The summed E-state index contributed by atoms with van der Waals surface area (Å²) in [6, 6.07) is 0. The SMILES string of the molecule is C[C]1CC1C1=CCCCC1. The van der Waals surface area contributed by atoms with Crippen LogP contribution in [0.5, 0.6) is 0 Å². The van der Waals surface area contributed by atoms with Crippen molar-refractivity contribution in [3.8, 4) is 0 Å². The van der Waals surface area contributed by atoms with Gasteiger partial charge in [-0.25, -0.2) is 0 Å². The molecule has 1 fully saturated rings. The second-order valence-electron chi connectivity index (χ2n) is 3.63. The summed E-state index contributed by atoms with van der Waals surface area (Å²) >= 11 is 0. The van der Waals surface area contributed by atoms with Crippen LogP contribution < -0.4 is 0 Å². The molecule has 0 aliphatic heterocycles. The minimum Gasteiger partial charge on any atom is -0.0850 e. The van der Waals surface area contributed by atoms with Crippen molar-refractivity contribution < 1.29 is 0 Å². The Kier molecular flexibility index (Phi) is 1.55. The van der Waals surface area contributed by atoms with Crippen LogP contribution in [0, 0.1) is 11.8 Å². The quantitative estimate of drug-likeness (QED) is 0.485. The summed E-state index contributed by atoms with van der Waals surface area (Å²) in [6.45, 7) is 2.29. The van der Waals surface area contributed by atoms with Gasteiger partial charge >= 0.3 is 0 Å². The van der Waals surface area contributed by atoms with Crippen molar-refractivity contribution in [2.24, 2.45) is 5.92 Å². The molecule has 55 valence electrons. The molecule has 1 atom stereocenters. The van der Waals surface area contributed by atoms with Crippen LogP contribution in [0.15, 0.2) is 11.6 Å². The zero-order chi connectivity index (χ0) is 6.97. The van der Waals surface area contributed by atoms with Gasteiger partial charge in [0.1, 0.15) is 0 Å². The summed E-state index contributed by atoms with van der Waals surface area (Å²) in [5.74, 6) is 2.65. The molecule has 0 aromatic carbocycles. The average Bonchev–Trinajstić information content (AvgIpc) is 2.69. The molecule has 1 unspecified atom stereocenters. The minimum atomic E-state index is 0.931. The summed E-state index contributed by atoms with van der Waals surface area (Å²) < 4.78 is 0. The molecule has 2 aliphatic carbocycles. The lowest BCUT2D eigenvalue weighted by molar-refractivity contribution is 0.671. The molecule has 0 saturated heterocycles. The summed E-state index contributed by atoms with van der Waals surface area (Å²) in [4.78, 5) is 0. The van der Waals surface area contributed by atoms with Gasteiger partial charge in [0.05, 0.1) is 0 Å². The highest BCUT2D eigenvalue weighted by atomic mass is 14.4. The van der Waals surface area contributed by atoms with Crippen molar-refractivity contribution in [3.63, 3.8) is 0 Å². The summed E-state index contributed by atoms with van der Waals surface area (Å²) in [6.07, 6.45) is 9.47. The number of allylic oxidation sites excluding steroid dienone is 2. The third kappa shape index (κ3) is 1.12. The smallest absolute Gasteiger partial charge is 0.0138 e. The second-order valence-corrected chi connectivity index (χ2v) is 3.63. The molecular formula is C10H15. The van der Waals surface area contributed by atoms with Crippen LogP contribution in [-0.2, 0) is 0 Å². The molecule has 0 heterocycles. The van der Waals surface area contributed by atoms with Gasteiger partial charge in [0.25, 0.3) is 0 Å². The Labute approximate surface area is 63.3 Å². The van der Waals surface area contributed by atoms with E-state index in [4.69, 9.17) is 0 Å². The van der Waals surface area contributed by atoms with Crippen molar-refractivity contribution in [1.29, 1.82) is 0 Å². The lowest BCUT2D eigenvalue weighted by Crippen LogP contribution is -1.93. The maximum Gasteiger partial charge on any atom is -0.0138 e. The van der Waals surface area contributed by atoms with Gasteiger partial charge in [-0.05, 0) is 43.9 Å². The molecule has 0 aromatic rings. The van der Waals surface area contributed by atoms with Crippen LogP contribution in [-0.4, -0.2) is 0 Å². The first-order chi connectivity index (χ1) is 4.88. The highest BCUT2D eigenvalue weighted by molar-refractivity contribution is 5.28. The molecule has 0 heteroatoms. The predicted octanol–water partition coefficient (Wildman–Crippen LogP) is 3.10. The van der Waals surface area contributed by atoms with E-state index in [1.54, 1.807) is 11.5 Å². The number of hydrogen-bond acceptors (Lipinski definition) is 0. The third-order valence-corrected chi connectivity index (χ3v) is 2.73. The molecule has 0 bridgehead atoms. The van der Waals surface area contributed by atoms with E-state index in [2.05, 4.69) is 13.0 Å². The Bertz CT molecular complexity index is 155. The molecule has 2 rings (SSSR count). The first kappa shape index (κ1) is 6.45. The molecule has 10 heavy (non-hydrogen) atoms. The van der Waals surface area contributed by atoms with Gasteiger partial charge in [-0.15, -0.1) is 0 Å². The van der Waals surface area contributed by atoms with Crippen molar-refractivity contribution in [2.75, 3.05) is 0 Å². The van der Waals surface area contributed by atoms with Gasteiger partial charge in [0.2, 0.25) is 0 Å². The summed E-state index contributed by atoms with van der Waals surface area (Å²) in [5.41, 5.74) is 1.75. The maximum absolute atomic E-state index is 2.48. The maximum atomic E-state index is 2.48. The molecule has 0 aromatic heterocycles. The Morgan fingerprint density at radius 1 is 1.40 bits per heavy atom. The second kappa shape index (κ2) is 2.41. The van der Waals surface area contributed by atoms with Crippen LogP contribution in [0.3, 0.4) is 0 Å². The zero-order valence-electron chi connectivity index (χ0n) is 6.69. The topological polar surface area (TPSA) is 0 Å². The van der Waals surface area contributed by atoms with Crippen molar-refractivity contribution in [1.82, 2.24) is 0 Å². The standard InChI is InChI=1S/C10H15/c1-8-7-10(8)9-5-3-2-4-6-9/h5,10H,2-4,6-7H2,1H3. The van der Waals surface area contributed by atoms with E-state index < -0.39 is 0 Å². The molecular weight excluding hydrogens is 120 g/mol. The van der Waals surface area contributed by atoms with E-state index in [0.717, 1.165) is 5.92 Å². The van der Waals surface area contributed by atoms with E-state index >= 15 is 0 Å². The number of hydrogen-bond donors (Lipinski definition) is 0. The Morgan fingerprint density at radius 3 is 2.70 bits per heavy atom. The first-order valence-corrected chi connectivity index (χ1v) is 4.39. The molecule has 1 radical (unpaired) electrons. The van der Waals surface area contributed by atoms with Gasteiger partial charge in [-0.1, -0.05) is 18.6 Å². The van der Waals surface area contributed by atoms with Gasteiger partial charge in [0.15, 0.2) is 0 Å². The zero-order valence-corrected chi connectivity index (χ0v) is 6.69. The normalized spacial score (nSPS) is 33.7. The molecule has 0 N–H and O–H groups in total. The van der Waals surface area contributed by atoms with Crippen LogP contribution in [0.2, 0.25) is 0 Å². The fourth-order valence-electron chi connectivity index (χ4n) is 1.89. The average molecular weight is 135 g/mol. The van der Waals surface area contributed by atoms with Gasteiger partial charge in [-0.3, -0.25) is 0 Å². The molecule has 0 nitrogen and oxygen atoms in total. The van der Waals surface area contributed by atoms with Crippen molar-refractivity contribution in [2.45, 2.75) is 39.0 Å². The largest absolute Gasteiger partial charge is 0.0850 e.